The van der Waals surface area contributed by atoms with E-state index < -0.39 is 10.0 Å². The van der Waals surface area contributed by atoms with Gasteiger partial charge in [-0.3, -0.25) is 0 Å². The molecule has 0 N–H and O–H groups in total. The minimum Gasteiger partial charge on any atom is -0.360 e. The zero-order valence-electron chi connectivity index (χ0n) is 12.0. The molecule has 20 heavy (non-hydrogen) atoms. The Morgan fingerprint density at radius 2 is 2.05 bits per heavy atom. The summed E-state index contributed by atoms with van der Waals surface area (Å²) >= 11 is 12.0. The molecule has 1 heterocycles. The van der Waals surface area contributed by atoms with Gasteiger partial charge in [0.05, 0.1) is 23.5 Å². The lowest BCUT2D eigenvalue weighted by atomic mass is 10.3. The zero-order chi connectivity index (χ0) is 14.8. The molecule has 0 unspecified atom stereocenters. The Kier molecular flexibility index (Phi) is 5.24. The third-order valence-electron chi connectivity index (χ3n) is 2.97. The molecule has 2 rings (SSSR count). The smallest absolute Gasteiger partial charge is 0.126 e. The molecule has 0 saturated heterocycles. The van der Waals surface area contributed by atoms with Gasteiger partial charge >= 0.3 is 0 Å². The zero-order valence-corrected chi connectivity index (χ0v) is 14.4. The van der Waals surface area contributed by atoms with Crippen molar-refractivity contribution in [2.75, 3.05) is 31.1 Å². The van der Waals surface area contributed by atoms with Gasteiger partial charge in [0.15, 0.2) is 0 Å². The van der Waals surface area contributed by atoms with Crippen LogP contribution in [0.2, 0.25) is 5.02 Å². The Balaban J connectivity index is 2.12. The van der Waals surface area contributed by atoms with Gasteiger partial charge in [0.1, 0.15) is 12.6 Å². The number of aromatic nitrogens is 2. The second-order valence-electron chi connectivity index (χ2n) is 5.55. The van der Waals surface area contributed by atoms with Gasteiger partial charge in [0.25, 0.3) is 0 Å². The molecule has 0 bridgehead atoms. The molecule has 0 aliphatic heterocycles. The van der Waals surface area contributed by atoms with Gasteiger partial charge in [-0.2, -0.15) is 0 Å². The van der Waals surface area contributed by atoms with Crippen molar-refractivity contribution >= 4 is 44.3 Å². The highest BCUT2D eigenvalue weighted by molar-refractivity contribution is 8.32. The van der Waals surface area contributed by atoms with Gasteiger partial charge in [0, 0.05) is 10.8 Å². The van der Waals surface area contributed by atoms with Crippen LogP contribution in [0.4, 0.5) is 0 Å². The number of hydrogen-bond acceptors (Lipinski definition) is 2. The van der Waals surface area contributed by atoms with Crippen molar-refractivity contribution in [3.63, 3.8) is 0 Å². The molecule has 112 valence electrons. The van der Waals surface area contributed by atoms with E-state index in [0.717, 1.165) is 29.2 Å². The number of hydrogen-bond donors (Lipinski definition) is 0. The summed E-state index contributed by atoms with van der Waals surface area (Å²) in [7, 11) is -0.522. The molecular formula is C14H20Cl2N2OS. The fourth-order valence-corrected chi connectivity index (χ4v) is 2.85. The van der Waals surface area contributed by atoms with E-state index in [-0.39, 0.29) is 0 Å². The highest BCUT2D eigenvalue weighted by atomic mass is 35.5. The molecule has 0 amide bonds. The summed E-state index contributed by atoms with van der Waals surface area (Å²) in [4.78, 5) is 4.49. The first-order valence-corrected chi connectivity index (χ1v) is 10.3. The van der Waals surface area contributed by atoms with Crippen LogP contribution < -0.4 is 0 Å². The number of benzene rings is 1. The topological polar surface area (TPSA) is 27.1 Å². The normalized spacial score (nSPS) is 13.1. The average molecular weight is 335 g/mol. The largest absolute Gasteiger partial charge is 0.360 e. The molecule has 0 atom stereocenters. The monoisotopic (exact) mass is 334 g/mol. The quantitative estimate of drug-likeness (QED) is 0.587. The van der Waals surface area contributed by atoms with E-state index in [0.29, 0.717) is 17.6 Å². The fraction of sp³-hybridized carbons (Fsp3) is 0.500. The molecule has 1 aromatic heterocycles. The van der Waals surface area contributed by atoms with Crippen LogP contribution in [0, 0.1) is 0 Å². The number of fused-ring (bicyclic) bond motifs is 1. The first-order chi connectivity index (χ1) is 9.40. The fourth-order valence-electron chi connectivity index (χ4n) is 1.86. The molecule has 6 heteroatoms. The summed E-state index contributed by atoms with van der Waals surface area (Å²) in [5.74, 6) is 2.27. The summed E-state index contributed by atoms with van der Waals surface area (Å²) in [6.45, 7) is 1.24. The van der Waals surface area contributed by atoms with Crippen LogP contribution in [0.3, 0.4) is 0 Å². The Hall–Kier alpha value is -0.420. The third-order valence-corrected chi connectivity index (χ3v) is 4.83. The maximum absolute atomic E-state index is 5.99. The minimum absolute atomic E-state index is 0.361. The van der Waals surface area contributed by atoms with E-state index >= 15 is 0 Å². The van der Waals surface area contributed by atoms with E-state index in [1.165, 1.54) is 0 Å². The molecule has 0 spiro atoms. The number of halogens is 2. The van der Waals surface area contributed by atoms with E-state index in [4.69, 9.17) is 27.9 Å². The van der Waals surface area contributed by atoms with Gasteiger partial charge in [-0.25, -0.2) is 15.0 Å². The first kappa shape index (κ1) is 16.0. The third kappa shape index (κ3) is 4.04. The van der Waals surface area contributed by atoms with E-state index in [9.17, 15) is 0 Å². The second kappa shape index (κ2) is 6.56. The lowest BCUT2D eigenvalue weighted by molar-refractivity contribution is 0.0908. The number of alkyl halides is 1. The Labute approximate surface area is 131 Å². The van der Waals surface area contributed by atoms with Gasteiger partial charge in [-0.15, -0.1) is 11.6 Å². The number of rotatable bonds is 6. The summed E-state index contributed by atoms with van der Waals surface area (Å²) < 4.78 is 7.80. The molecule has 1 aromatic carbocycles. The summed E-state index contributed by atoms with van der Waals surface area (Å²) in [5.41, 5.74) is 1.87. The van der Waals surface area contributed by atoms with E-state index in [1.807, 2.05) is 22.8 Å². The molecule has 0 aliphatic carbocycles. The summed E-state index contributed by atoms with van der Waals surface area (Å²) in [5, 5.41) is 0.681. The highest BCUT2D eigenvalue weighted by Gasteiger charge is 2.11. The average Bonchev–Trinajstić information content (AvgIpc) is 2.70. The predicted octanol–water partition coefficient (Wildman–Crippen LogP) is 4.10. The SMILES string of the molecule is CS(C)(C)CCOCn1c(CCl)nc2cc(Cl)ccc21. The Morgan fingerprint density at radius 1 is 1.30 bits per heavy atom. The van der Waals surface area contributed by atoms with E-state index in [1.54, 1.807) is 0 Å². The van der Waals surface area contributed by atoms with Crippen LogP contribution in [-0.2, 0) is 17.3 Å². The van der Waals surface area contributed by atoms with Crippen LogP contribution in [-0.4, -0.2) is 40.7 Å². The molecule has 3 nitrogen and oxygen atoms in total. The molecule has 2 aromatic rings. The van der Waals surface area contributed by atoms with Gasteiger partial charge < -0.3 is 9.30 Å². The van der Waals surface area contributed by atoms with Crippen molar-refractivity contribution in [1.82, 2.24) is 9.55 Å². The number of ether oxygens (including phenoxy) is 1. The van der Waals surface area contributed by atoms with Crippen LogP contribution in [0.1, 0.15) is 5.82 Å². The molecule has 0 radical (unpaired) electrons. The van der Waals surface area contributed by atoms with E-state index in [2.05, 4.69) is 23.8 Å². The molecule has 0 saturated carbocycles. The predicted molar refractivity (Wildman–Crippen MR) is 90.5 cm³/mol. The first-order valence-electron chi connectivity index (χ1n) is 6.35. The second-order valence-corrected chi connectivity index (χ2v) is 10.8. The van der Waals surface area contributed by atoms with Crippen LogP contribution in [0.25, 0.3) is 11.0 Å². The van der Waals surface area contributed by atoms with Crippen molar-refractivity contribution in [1.29, 1.82) is 0 Å². The van der Waals surface area contributed by atoms with Gasteiger partial charge in [-0.05, 0) is 37.0 Å². The van der Waals surface area contributed by atoms with Crippen molar-refractivity contribution in [3.05, 3.63) is 29.0 Å². The lowest BCUT2D eigenvalue weighted by Gasteiger charge is -2.24. The number of nitrogens with zero attached hydrogens (tertiary/aromatic N) is 2. The molecule has 0 aliphatic rings. The van der Waals surface area contributed by atoms with Crippen molar-refractivity contribution < 1.29 is 4.74 Å². The molecular weight excluding hydrogens is 315 g/mol. The van der Waals surface area contributed by atoms with Crippen molar-refractivity contribution in [2.24, 2.45) is 0 Å². The van der Waals surface area contributed by atoms with Crippen LogP contribution in [0.5, 0.6) is 0 Å². The Morgan fingerprint density at radius 3 is 2.70 bits per heavy atom. The van der Waals surface area contributed by atoms with Crippen LogP contribution in [0.15, 0.2) is 18.2 Å². The van der Waals surface area contributed by atoms with Crippen molar-refractivity contribution in [2.45, 2.75) is 12.6 Å². The van der Waals surface area contributed by atoms with Gasteiger partial charge in [-0.1, -0.05) is 11.6 Å². The van der Waals surface area contributed by atoms with Gasteiger partial charge in [0.2, 0.25) is 0 Å². The standard InChI is InChI=1S/C14H20Cl2N2OS/c1-20(2,3)7-6-19-10-18-13-5-4-11(16)8-12(13)17-14(18)9-15/h4-5,8H,6-7,9-10H2,1-3H3. The minimum atomic E-state index is -0.522. The summed E-state index contributed by atoms with van der Waals surface area (Å²) in [6.07, 6.45) is 6.86. The van der Waals surface area contributed by atoms with Crippen molar-refractivity contribution in [3.8, 4) is 0 Å². The highest BCUT2D eigenvalue weighted by Crippen LogP contribution is 2.33. The lowest BCUT2D eigenvalue weighted by Crippen LogP contribution is -2.11. The Bertz CT molecular complexity index is 593. The van der Waals surface area contributed by atoms with Crippen LogP contribution >= 0.6 is 33.2 Å². The molecule has 0 fully saturated rings. The maximum Gasteiger partial charge on any atom is 0.126 e. The number of imidazole rings is 1. The summed E-state index contributed by atoms with van der Waals surface area (Å²) in [6, 6.07) is 5.67. The maximum atomic E-state index is 5.99.